The summed E-state index contributed by atoms with van der Waals surface area (Å²) < 4.78 is 10.4. The zero-order chi connectivity index (χ0) is 12.6. The first kappa shape index (κ1) is 11.4. The van der Waals surface area contributed by atoms with Gasteiger partial charge in [0.1, 0.15) is 5.75 Å². The van der Waals surface area contributed by atoms with E-state index in [-0.39, 0.29) is 18.3 Å². The van der Waals surface area contributed by atoms with Crippen LogP contribution in [0.4, 0.5) is 5.69 Å². The maximum atomic E-state index is 11.5. The average molecular weight is 235 g/mol. The van der Waals surface area contributed by atoms with Crippen LogP contribution in [0.25, 0.3) is 0 Å². The predicted octanol–water partition coefficient (Wildman–Crippen LogP) is 1.25. The first-order valence-corrected chi connectivity index (χ1v) is 5.17. The van der Waals surface area contributed by atoms with Crippen molar-refractivity contribution < 1.29 is 19.1 Å². The minimum atomic E-state index is -0.153. The van der Waals surface area contributed by atoms with Gasteiger partial charge in [-0.05, 0) is 13.0 Å². The minimum Gasteiger partial charge on any atom is -0.497 e. The van der Waals surface area contributed by atoms with E-state index < -0.39 is 0 Å². The SMILES string of the molecule is COc1cc(C(C)=O)c2c(c1)N(C)C(=O)CO2. The van der Waals surface area contributed by atoms with Gasteiger partial charge in [-0.2, -0.15) is 0 Å². The molecule has 1 aliphatic heterocycles. The minimum absolute atomic E-state index is 0.0455. The molecule has 1 aliphatic rings. The Morgan fingerprint density at radius 1 is 1.47 bits per heavy atom. The summed E-state index contributed by atoms with van der Waals surface area (Å²) in [5, 5.41) is 0. The molecule has 0 saturated heterocycles. The van der Waals surface area contributed by atoms with Crippen molar-refractivity contribution in [2.45, 2.75) is 6.92 Å². The molecule has 17 heavy (non-hydrogen) atoms. The molecule has 0 spiro atoms. The van der Waals surface area contributed by atoms with Crippen LogP contribution in [0.1, 0.15) is 17.3 Å². The van der Waals surface area contributed by atoms with Gasteiger partial charge in [-0.15, -0.1) is 0 Å². The molecule has 5 nitrogen and oxygen atoms in total. The smallest absolute Gasteiger partial charge is 0.264 e. The van der Waals surface area contributed by atoms with E-state index in [1.54, 1.807) is 19.2 Å². The number of likely N-dealkylation sites (N-methyl/N-ethyl adjacent to an activating group) is 1. The Morgan fingerprint density at radius 2 is 2.18 bits per heavy atom. The number of benzene rings is 1. The summed E-state index contributed by atoms with van der Waals surface area (Å²) in [5.74, 6) is 0.697. The standard InChI is InChI=1S/C12H13NO4/c1-7(14)9-4-8(16-3)5-10-12(9)17-6-11(15)13(10)2/h4-5H,6H2,1-3H3. The number of methoxy groups -OCH3 is 1. The number of Topliss-reactive ketones (excluding diaryl/α,β-unsaturated/α-hetero) is 1. The molecule has 0 atom stereocenters. The number of hydrogen-bond acceptors (Lipinski definition) is 4. The lowest BCUT2D eigenvalue weighted by Gasteiger charge is -2.27. The van der Waals surface area contributed by atoms with Crippen LogP contribution in [0.5, 0.6) is 11.5 Å². The summed E-state index contributed by atoms with van der Waals surface area (Å²) in [6.45, 7) is 1.41. The lowest BCUT2D eigenvalue weighted by Crippen LogP contribution is -2.36. The summed E-state index contributed by atoms with van der Waals surface area (Å²) in [6.07, 6.45) is 0. The second-order valence-corrected chi connectivity index (χ2v) is 3.82. The van der Waals surface area contributed by atoms with Gasteiger partial charge in [-0.1, -0.05) is 0 Å². The van der Waals surface area contributed by atoms with Crippen molar-refractivity contribution in [1.29, 1.82) is 0 Å². The molecule has 0 saturated carbocycles. The molecule has 2 rings (SSSR count). The van der Waals surface area contributed by atoms with E-state index in [1.807, 2.05) is 0 Å². The summed E-state index contributed by atoms with van der Waals surface area (Å²) in [5.41, 5.74) is 0.990. The van der Waals surface area contributed by atoms with Crippen LogP contribution in [-0.2, 0) is 4.79 Å². The summed E-state index contributed by atoms with van der Waals surface area (Å²) in [7, 11) is 3.16. The third-order valence-electron chi connectivity index (χ3n) is 2.73. The van der Waals surface area contributed by atoms with Gasteiger partial charge in [0.05, 0.1) is 18.4 Å². The molecule has 0 fully saturated rings. The first-order valence-electron chi connectivity index (χ1n) is 5.17. The molecule has 1 aromatic rings. The number of carbonyl (C=O) groups is 2. The topological polar surface area (TPSA) is 55.8 Å². The van der Waals surface area contributed by atoms with E-state index in [4.69, 9.17) is 9.47 Å². The van der Waals surface area contributed by atoms with Crippen molar-refractivity contribution in [2.24, 2.45) is 0 Å². The van der Waals surface area contributed by atoms with Crippen LogP contribution in [0.2, 0.25) is 0 Å². The van der Waals surface area contributed by atoms with Crippen molar-refractivity contribution in [1.82, 2.24) is 0 Å². The quantitative estimate of drug-likeness (QED) is 0.724. The van der Waals surface area contributed by atoms with Gasteiger partial charge in [0.15, 0.2) is 18.1 Å². The molecule has 90 valence electrons. The van der Waals surface area contributed by atoms with Gasteiger partial charge in [-0.25, -0.2) is 0 Å². The van der Waals surface area contributed by atoms with E-state index in [1.165, 1.54) is 18.9 Å². The lowest BCUT2D eigenvalue weighted by atomic mass is 10.1. The highest BCUT2D eigenvalue weighted by atomic mass is 16.5. The lowest BCUT2D eigenvalue weighted by molar-refractivity contribution is -0.121. The summed E-state index contributed by atoms with van der Waals surface area (Å²) in [4.78, 5) is 24.5. The van der Waals surface area contributed by atoms with Gasteiger partial charge < -0.3 is 14.4 Å². The zero-order valence-corrected chi connectivity index (χ0v) is 9.94. The molecule has 1 heterocycles. The van der Waals surface area contributed by atoms with Crippen molar-refractivity contribution in [2.75, 3.05) is 25.7 Å². The number of amides is 1. The number of ether oxygens (including phenoxy) is 2. The fourth-order valence-corrected chi connectivity index (χ4v) is 1.73. The monoisotopic (exact) mass is 235 g/mol. The Kier molecular flexibility index (Phi) is 2.75. The molecule has 0 aromatic heterocycles. The summed E-state index contributed by atoms with van der Waals surface area (Å²) in [6, 6.07) is 3.30. The molecule has 0 radical (unpaired) electrons. The highest BCUT2D eigenvalue weighted by Crippen LogP contribution is 2.38. The highest BCUT2D eigenvalue weighted by molar-refractivity contribution is 6.04. The number of fused-ring (bicyclic) bond motifs is 1. The molecular formula is C12H13NO4. The van der Waals surface area contributed by atoms with Crippen LogP contribution in [-0.4, -0.2) is 32.5 Å². The number of nitrogens with zero attached hydrogens (tertiary/aromatic N) is 1. The Bertz CT molecular complexity index is 496. The number of rotatable bonds is 2. The van der Waals surface area contributed by atoms with Gasteiger partial charge >= 0.3 is 0 Å². The molecule has 5 heteroatoms. The number of hydrogen-bond donors (Lipinski definition) is 0. The molecule has 0 aliphatic carbocycles. The fraction of sp³-hybridized carbons (Fsp3) is 0.333. The van der Waals surface area contributed by atoms with Crippen LogP contribution >= 0.6 is 0 Å². The van der Waals surface area contributed by atoms with Crippen LogP contribution in [0, 0.1) is 0 Å². The molecular weight excluding hydrogens is 222 g/mol. The van der Waals surface area contributed by atoms with E-state index in [0.29, 0.717) is 22.7 Å². The molecule has 1 amide bonds. The number of carbonyl (C=O) groups excluding carboxylic acids is 2. The van der Waals surface area contributed by atoms with E-state index in [2.05, 4.69) is 0 Å². The molecule has 0 unspecified atom stereocenters. The number of ketones is 1. The maximum absolute atomic E-state index is 11.5. The normalized spacial score (nSPS) is 14.1. The largest absolute Gasteiger partial charge is 0.497 e. The molecule has 0 N–H and O–H groups in total. The van der Waals surface area contributed by atoms with Gasteiger partial charge in [0, 0.05) is 13.1 Å². The predicted molar refractivity (Wildman–Crippen MR) is 61.9 cm³/mol. The van der Waals surface area contributed by atoms with Crippen LogP contribution in [0.15, 0.2) is 12.1 Å². The first-order chi connectivity index (χ1) is 8.04. The molecule has 1 aromatic carbocycles. The van der Waals surface area contributed by atoms with Crippen molar-refractivity contribution in [3.63, 3.8) is 0 Å². The van der Waals surface area contributed by atoms with Crippen molar-refractivity contribution in [3.05, 3.63) is 17.7 Å². The number of anilines is 1. The molecule has 0 bridgehead atoms. The van der Waals surface area contributed by atoms with Crippen molar-refractivity contribution >= 4 is 17.4 Å². The third kappa shape index (κ3) is 1.84. The van der Waals surface area contributed by atoms with E-state index in [0.717, 1.165) is 0 Å². The van der Waals surface area contributed by atoms with Gasteiger partial charge in [0.25, 0.3) is 5.91 Å². The van der Waals surface area contributed by atoms with Crippen LogP contribution in [0.3, 0.4) is 0 Å². The Morgan fingerprint density at radius 3 is 2.76 bits per heavy atom. The Balaban J connectivity index is 2.64. The van der Waals surface area contributed by atoms with E-state index >= 15 is 0 Å². The van der Waals surface area contributed by atoms with Crippen molar-refractivity contribution in [3.8, 4) is 11.5 Å². The second kappa shape index (κ2) is 4.08. The zero-order valence-electron chi connectivity index (χ0n) is 9.94. The maximum Gasteiger partial charge on any atom is 0.264 e. The van der Waals surface area contributed by atoms with Gasteiger partial charge in [0.2, 0.25) is 0 Å². The van der Waals surface area contributed by atoms with Crippen LogP contribution < -0.4 is 14.4 Å². The van der Waals surface area contributed by atoms with Gasteiger partial charge in [-0.3, -0.25) is 9.59 Å². The summed E-state index contributed by atoms with van der Waals surface area (Å²) >= 11 is 0. The second-order valence-electron chi connectivity index (χ2n) is 3.82. The fourth-order valence-electron chi connectivity index (χ4n) is 1.73. The average Bonchev–Trinajstić information content (AvgIpc) is 2.32. The third-order valence-corrected chi connectivity index (χ3v) is 2.73. The Hall–Kier alpha value is -2.04. The highest BCUT2D eigenvalue weighted by Gasteiger charge is 2.27. The van der Waals surface area contributed by atoms with E-state index in [9.17, 15) is 9.59 Å². The Labute approximate surface area is 98.9 Å².